The molecule has 0 aliphatic rings. The van der Waals surface area contributed by atoms with Gasteiger partial charge in [-0.3, -0.25) is 0 Å². The van der Waals surface area contributed by atoms with Gasteiger partial charge in [-0.15, -0.1) is 0 Å². The second-order valence-corrected chi connectivity index (χ2v) is 4.65. The van der Waals surface area contributed by atoms with Gasteiger partial charge in [0.2, 0.25) is 0 Å². The van der Waals surface area contributed by atoms with Crippen LogP contribution in [0, 0.1) is 5.82 Å². The SMILES string of the molecule is NCc1cc(-c2ccc(F)cc2)nc(-c2ccccc2)n1. The van der Waals surface area contributed by atoms with Crippen molar-refractivity contribution in [2.75, 3.05) is 0 Å². The lowest BCUT2D eigenvalue weighted by atomic mass is 10.1. The number of benzene rings is 2. The third-order valence-corrected chi connectivity index (χ3v) is 3.16. The van der Waals surface area contributed by atoms with Crippen LogP contribution in [0.2, 0.25) is 0 Å². The maximum absolute atomic E-state index is 13.0. The molecule has 2 aromatic carbocycles. The highest BCUT2D eigenvalue weighted by Gasteiger charge is 2.08. The molecule has 0 saturated heterocycles. The zero-order valence-electron chi connectivity index (χ0n) is 11.3. The van der Waals surface area contributed by atoms with E-state index in [9.17, 15) is 4.39 Å². The number of nitrogens with zero attached hydrogens (tertiary/aromatic N) is 2. The van der Waals surface area contributed by atoms with Gasteiger partial charge in [-0.2, -0.15) is 0 Å². The molecule has 0 spiro atoms. The molecule has 0 fully saturated rings. The van der Waals surface area contributed by atoms with Crippen LogP contribution in [0.25, 0.3) is 22.6 Å². The minimum Gasteiger partial charge on any atom is -0.325 e. The molecule has 4 heteroatoms. The Morgan fingerprint density at radius 1 is 0.857 bits per heavy atom. The molecular weight excluding hydrogens is 265 g/mol. The maximum Gasteiger partial charge on any atom is 0.160 e. The lowest BCUT2D eigenvalue weighted by Gasteiger charge is -2.07. The van der Waals surface area contributed by atoms with Crippen LogP contribution in [0.15, 0.2) is 60.7 Å². The summed E-state index contributed by atoms with van der Waals surface area (Å²) in [6, 6.07) is 17.8. The van der Waals surface area contributed by atoms with Crippen LogP contribution >= 0.6 is 0 Å². The molecule has 1 aromatic heterocycles. The zero-order valence-corrected chi connectivity index (χ0v) is 11.3. The number of hydrogen-bond donors (Lipinski definition) is 1. The molecule has 0 saturated carbocycles. The largest absolute Gasteiger partial charge is 0.325 e. The highest BCUT2D eigenvalue weighted by molar-refractivity contribution is 5.64. The summed E-state index contributed by atoms with van der Waals surface area (Å²) in [5.74, 6) is 0.355. The standard InChI is InChI=1S/C17H14FN3/c18-14-8-6-12(7-9-14)16-10-15(11-19)20-17(21-16)13-4-2-1-3-5-13/h1-10H,11,19H2. The fraction of sp³-hybridized carbons (Fsp3) is 0.0588. The molecule has 0 aliphatic heterocycles. The van der Waals surface area contributed by atoms with Crippen LogP contribution in [-0.2, 0) is 6.54 Å². The average molecular weight is 279 g/mol. The molecule has 104 valence electrons. The van der Waals surface area contributed by atoms with E-state index in [0.717, 1.165) is 22.5 Å². The van der Waals surface area contributed by atoms with E-state index >= 15 is 0 Å². The van der Waals surface area contributed by atoms with E-state index in [4.69, 9.17) is 5.73 Å². The van der Waals surface area contributed by atoms with Crippen LogP contribution in [-0.4, -0.2) is 9.97 Å². The summed E-state index contributed by atoms with van der Waals surface area (Å²) in [5, 5.41) is 0. The van der Waals surface area contributed by atoms with Gasteiger partial charge in [-0.05, 0) is 30.3 Å². The Morgan fingerprint density at radius 3 is 2.24 bits per heavy atom. The molecule has 0 unspecified atom stereocenters. The normalized spacial score (nSPS) is 10.6. The Balaban J connectivity index is 2.11. The van der Waals surface area contributed by atoms with E-state index in [1.165, 1.54) is 12.1 Å². The van der Waals surface area contributed by atoms with Crippen LogP contribution in [0.4, 0.5) is 4.39 Å². The fourth-order valence-electron chi connectivity index (χ4n) is 2.09. The van der Waals surface area contributed by atoms with Crippen molar-refractivity contribution in [3.63, 3.8) is 0 Å². The Kier molecular flexibility index (Phi) is 3.71. The zero-order chi connectivity index (χ0) is 14.7. The third-order valence-electron chi connectivity index (χ3n) is 3.16. The lowest BCUT2D eigenvalue weighted by Crippen LogP contribution is -2.03. The molecule has 21 heavy (non-hydrogen) atoms. The highest BCUT2D eigenvalue weighted by atomic mass is 19.1. The number of halogens is 1. The Labute approximate surface area is 122 Å². The van der Waals surface area contributed by atoms with Crippen molar-refractivity contribution in [2.45, 2.75) is 6.54 Å². The lowest BCUT2D eigenvalue weighted by molar-refractivity contribution is 0.628. The van der Waals surface area contributed by atoms with Crippen molar-refractivity contribution in [1.82, 2.24) is 9.97 Å². The van der Waals surface area contributed by atoms with Crippen LogP contribution in [0.3, 0.4) is 0 Å². The predicted octanol–water partition coefficient (Wildman–Crippen LogP) is 3.41. The van der Waals surface area contributed by atoms with E-state index in [0.29, 0.717) is 12.4 Å². The van der Waals surface area contributed by atoms with Crippen LogP contribution in [0.5, 0.6) is 0 Å². The monoisotopic (exact) mass is 279 g/mol. The Hall–Kier alpha value is -2.59. The van der Waals surface area contributed by atoms with Gasteiger partial charge in [0.15, 0.2) is 5.82 Å². The van der Waals surface area contributed by atoms with Gasteiger partial charge in [0.1, 0.15) is 5.82 Å². The van der Waals surface area contributed by atoms with Gasteiger partial charge < -0.3 is 5.73 Å². The van der Waals surface area contributed by atoms with Gasteiger partial charge in [0, 0.05) is 17.7 Å². The van der Waals surface area contributed by atoms with Crippen molar-refractivity contribution in [1.29, 1.82) is 0 Å². The van der Waals surface area contributed by atoms with E-state index in [-0.39, 0.29) is 5.82 Å². The molecule has 0 amide bonds. The summed E-state index contributed by atoms with van der Waals surface area (Å²) in [6.45, 7) is 0.330. The number of aromatic nitrogens is 2. The molecule has 3 rings (SSSR count). The molecule has 3 aromatic rings. The van der Waals surface area contributed by atoms with Gasteiger partial charge in [-0.1, -0.05) is 30.3 Å². The van der Waals surface area contributed by atoms with Gasteiger partial charge in [-0.25, -0.2) is 14.4 Å². The fourth-order valence-corrected chi connectivity index (χ4v) is 2.09. The molecule has 2 N–H and O–H groups in total. The molecule has 0 aliphatic carbocycles. The summed E-state index contributed by atoms with van der Waals surface area (Å²) in [6.07, 6.45) is 0. The van der Waals surface area contributed by atoms with Crippen molar-refractivity contribution in [3.8, 4) is 22.6 Å². The second-order valence-electron chi connectivity index (χ2n) is 4.65. The molecule has 3 nitrogen and oxygen atoms in total. The van der Waals surface area contributed by atoms with Crippen LogP contribution in [0.1, 0.15) is 5.69 Å². The Morgan fingerprint density at radius 2 is 1.57 bits per heavy atom. The highest BCUT2D eigenvalue weighted by Crippen LogP contribution is 2.22. The van der Waals surface area contributed by atoms with Gasteiger partial charge in [0.25, 0.3) is 0 Å². The van der Waals surface area contributed by atoms with E-state index in [2.05, 4.69) is 9.97 Å². The van der Waals surface area contributed by atoms with E-state index in [1.807, 2.05) is 36.4 Å². The first kappa shape index (κ1) is 13.4. The topological polar surface area (TPSA) is 51.8 Å². The minimum absolute atomic E-state index is 0.268. The third kappa shape index (κ3) is 2.95. The first-order chi connectivity index (χ1) is 10.3. The second kappa shape index (κ2) is 5.81. The molecule has 0 radical (unpaired) electrons. The van der Waals surface area contributed by atoms with Crippen molar-refractivity contribution in [2.24, 2.45) is 5.73 Å². The first-order valence-corrected chi connectivity index (χ1v) is 6.65. The summed E-state index contributed by atoms with van der Waals surface area (Å²) >= 11 is 0. The first-order valence-electron chi connectivity index (χ1n) is 6.65. The minimum atomic E-state index is -0.268. The summed E-state index contributed by atoms with van der Waals surface area (Å²) in [5.41, 5.74) is 8.98. The smallest absolute Gasteiger partial charge is 0.160 e. The number of hydrogen-bond acceptors (Lipinski definition) is 3. The quantitative estimate of drug-likeness (QED) is 0.799. The maximum atomic E-state index is 13.0. The predicted molar refractivity (Wildman–Crippen MR) is 80.8 cm³/mol. The van der Waals surface area contributed by atoms with Crippen molar-refractivity contribution >= 4 is 0 Å². The van der Waals surface area contributed by atoms with E-state index < -0.39 is 0 Å². The Bertz CT molecular complexity index is 740. The molecule has 0 atom stereocenters. The van der Waals surface area contributed by atoms with E-state index in [1.54, 1.807) is 12.1 Å². The molecule has 0 bridgehead atoms. The van der Waals surface area contributed by atoms with Crippen molar-refractivity contribution < 1.29 is 4.39 Å². The van der Waals surface area contributed by atoms with Crippen LogP contribution < -0.4 is 5.73 Å². The van der Waals surface area contributed by atoms with Gasteiger partial charge >= 0.3 is 0 Å². The average Bonchev–Trinajstić information content (AvgIpc) is 2.56. The molecule has 1 heterocycles. The molecular formula is C17H14FN3. The van der Waals surface area contributed by atoms with Crippen molar-refractivity contribution in [3.05, 3.63) is 72.2 Å². The van der Waals surface area contributed by atoms with Gasteiger partial charge in [0.05, 0.1) is 11.4 Å². The number of nitrogens with two attached hydrogens (primary N) is 1. The summed E-state index contributed by atoms with van der Waals surface area (Å²) in [4.78, 5) is 9.02. The summed E-state index contributed by atoms with van der Waals surface area (Å²) < 4.78 is 13.0. The number of rotatable bonds is 3. The summed E-state index contributed by atoms with van der Waals surface area (Å²) in [7, 11) is 0.